The molecule has 2 nitrogen and oxygen atoms in total. The smallest absolute Gasteiger partial charge is 0.383 e. The minimum absolute atomic E-state index is 0.190. The molecule has 0 bridgehead atoms. The van der Waals surface area contributed by atoms with Gasteiger partial charge in [0.1, 0.15) is 0 Å². The molecule has 0 fully saturated rings. The molecule has 0 radical (unpaired) electrons. The van der Waals surface area contributed by atoms with Gasteiger partial charge in [0.2, 0.25) is 0 Å². The topological polar surface area (TPSA) is 18.5 Å². The molecule has 0 saturated carbocycles. The lowest BCUT2D eigenvalue weighted by atomic mass is 10.4. The Balaban J connectivity index is 3.06. The van der Waals surface area contributed by atoms with Gasteiger partial charge in [-0.15, -0.1) is 0 Å². The molecule has 96 valence electrons. The molecular formula is C13H21IO2Si. The van der Waals surface area contributed by atoms with Gasteiger partial charge in [-0.05, 0) is 32.9 Å². The van der Waals surface area contributed by atoms with E-state index in [0.717, 1.165) is 4.05 Å². The fourth-order valence-corrected chi connectivity index (χ4v) is 6.99. The zero-order chi connectivity index (χ0) is 12.9. The zero-order valence-corrected chi connectivity index (χ0v) is 14.1. The van der Waals surface area contributed by atoms with Crippen LogP contribution in [0.4, 0.5) is 0 Å². The number of halogens is 1. The van der Waals surface area contributed by atoms with Crippen molar-refractivity contribution in [2.75, 3.05) is 4.05 Å². The summed E-state index contributed by atoms with van der Waals surface area (Å²) < 4.78 is 13.3. The summed E-state index contributed by atoms with van der Waals surface area (Å²) in [6.07, 6.45) is 0.380. The monoisotopic (exact) mass is 364 g/mol. The Morgan fingerprint density at radius 3 is 1.82 bits per heavy atom. The van der Waals surface area contributed by atoms with Crippen LogP contribution in [-0.2, 0) is 8.85 Å². The van der Waals surface area contributed by atoms with Crippen LogP contribution in [-0.4, -0.2) is 24.8 Å². The minimum Gasteiger partial charge on any atom is -0.388 e. The van der Waals surface area contributed by atoms with E-state index in [2.05, 4.69) is 74.6 Å². The van der Waals surface area contributed by atoms with E-state index in [-0.39, 0.29) is 12.2 Å². The number of hydrogen-bond acceptors (Lipinski definition) is 2. The second kappa shape index (κ2) is 6.87. The first kappa shape index (κ1) is 15.1. The Labute approximate surface area is 119 Å². The largest absolute Gasteiger partial charge is 0.388 e. The molecule has 0 N–H and O–H groups in total. The van der Waals surface area contributed by atoms with Crippen LogP contribution in [0.3, 0.4) is 0 Å². The molecule has 0 aliphatic rings. The second-order valence-corrected chi connectivity index (χ2v) is 9.70. The highest BCUT2D eigenvalue weighted by Gasteiger charge is 2.40. The predicted octanol–water partition coefficient (Wildman–Crippen LogP) is 3.16. The van der Waals surface area contributed by atoms with Crippen molar-refractivity contribution in [2.24, 2.45) is 0 Å². The van der Waals surface area contributed by atoms with Crippen LogP contribution in [0.25, 0.3) is 0 Å². The molecule has 0 aliphatic heterocycles. The normalized spacial score (nSPS) is 12.4. The van der Waals surface area contributed by atoms with E-state index in [1.165, 1.54) is 5.19 Å². The SMILES string of the molecule is CC(C)O[Si](CI)(OC(C)C)c1ccccc1. The van der Waals surface area contributed by atoms with Crippen molar-refractivity contribution in [3.05, 3.63) is 30.3 Å². The van der Waals surface area contributed by atoms with Crippen molar-refractivity contribution >= 4 is 36.3 Å². The van der Waals surface area contributed by atoms with Gasteiger partial charge in [-0.3, -0.25) is 0 Å². The third-order valence-electron chi connectivity index (χ3n) is 2.24. The van der Waals surface area contributed by atoms with Crippen LogP contribution in [0.15, 0.2) is 30.3 Å². The molecule has 0 unspecified atom stereocenters. The number of benzene rings is 1. The summed E-state index contributed by atoms with van der Waals surface area (Å²) in [6, 6.07) is 10.4. The van der Waals surface area contributed by atoms with Crippen molar-refractivity contribution in [1.29, 1.82) is 0 Å². The van der Waals surface area contributed by atoms with Crippen molar-refractivity contribution < 1.29 is 8.85 Å². The van der Waals surface area contributed by atoms with Crippen LogP contribution >= 0.6 is 22.6 Å². The van der Waals surface area contributed by atoms with E-state index >= 15 is 0 Å². The summed E-state index contributed by atoms with van der Waals surface area (Å²) in [7, 11) is -2.29. The predicted molar refractivity (Wildman–Crippen MR) is 83.2 cm³/mol. The third kappa shape index (κ3) is 4.35. The van der Waals surface area contributed by atoms with Crippen molar-refractivity contribution in [2.45, 2.75) is 39.9 Å². The molecule has 0 heterocycles. The zero-order valence-electron chi connectivity index (χ0n) is 10.9. The number of alkyl halides is 1. The Morgan fingerprint density at radius 1 is 1.00 bits per heavy atom. The van der Waals surface area contributed by atoms with E-state index in [1.807, 2.05) is 6.07 Å². The summed E-state index contributed by atoms with van der Waals surface area (Å²) >= 11 is 2.38. The summed E-state index contributed by atoms with van der Waals surface area (Å²) in [4.78, 5) is 0. The van der Waals surface area contributed by atoms with Crippen LogP contribution in [0.5, 0.6) is 0 Å². The second-order valence-electron chi connectivity index (χ2n) is 4.59. The Bertz CT molecular complexity index is 317. The van der Waals surface area contributed by atoms with Crippen molar-refractivity contribution in [1.82, 2.24) is 0 Å². The van der Waals surface area contributed by atoms with Crippen molar-refractivity contribution in [3.63, 3.8) is 0 Å². The quantitative estimate of drug-likeness (QED) is 0.439. The maximum Gasteiger partial charge on any atom is 0.383 e. The maximum absolute atomic E-state index is 6.19. The lowest BCUT2D eigenvalue weighted by Crippen LogP contribution is -2.58. The first-order valence-electron chi connectivity index (χ1n) is 5.97. The van der Waals surface area contributed by atoms with E-state index < -0.39 is 8.56 Å². The van der Waals surface area contributed by atoms with E-state index in [9.17, 15) is 0 Å². The van der Waals surface area contributed by atoms with Crippen LogP contribution < -0.4 is 5.19 Å². The van der Waals surface area contributed by atoms with Gasteiger partial charge in [-0.2, -0.15) is 0 Å². The lowest BCUT2D eigenvalue weighted by Gasteiger charge is -2.33. The van der Waals surface area contributed by atoms with Gasteiger partial charge in [0.25, 0.3) is 0 Å². The molecule has 0 spiro atoms. The average molecular weight is 364 g/mol. The Kier molecular flexibility index (Phi) is 6.12. The van der Waals surface area contributed by atoms with Gasteiger partial charge in [0.15, 0.2) is 0 Å². The third-order valence-corrected chi connectivity index (χ3v) is 8.52. The molecular weight excluding hydrogens is 343 g/mol. The van der Waals surface area contributed by atoms with Gasteiger partial charge in [-0.25, -0.2) is 0 Å². The standard InChI is InChI=1S/C13H21IO2Si/c1-11(2)15-17(10-14,16-12(3)4)13-8-6-5-7-9-13/h5-9,11-12H,10H2,1-4H3. The molecule has 1 aromatic rings. The molecule has 0 atom stereocenters. The van der Waals surface area contributed by atoms with E-state index in [0.29, 0.717) is 0 Å². The summed E-state index contributed by atoms with van der Waals surface area (Å²) in [5, 5.41) is 1.22. The summed E-state index contributed by atoms with van der Waals surface area (Å²) in [6.45, 7) is 8.28. The van der Waals surface area contributed by atoms with Gasteiger partial charge in [-0.1, -0.05) is 52.9 Å². The molecule has 0 saturated heterocycles. The van der Waals surface area contributed by atoms with Crippen molar-refractivity contribution in [3.8, 4) is 0 Å². The Morgan fingerprint density at radius 2 is 1.47 bits per heavy atom. The maximum atomic E-state index is 6.19. The molecule has 4 heteroatoms. The molecule has 1 rings (SSSR count). The summed E-state index contributed by atoms with van der Waals surface area (Å²) in [5.74, 6) is 0. The molecule has 17 heavy (non-hydrogen) atoms. The van der Waals surface area contributed by atoms with Gasteiger partial charge in [0.05, 0.1) is 0 Å². The highest BCUT2D eigenvalue weighted by Crippen LogP contribution is 2.16. The van der Waals surface area contributed by atoms with E-state index in [4.69, 9.17) is 8.85 Å². The highest BCUT2D eigenvalue weighted by molar-refractivity contribution is 14.1. The molecule has 1 aromatic carbocycles. The lowest BCUT2D eigenvalue weighted by molar-refractivity contribution is 0.120. The van der Waals surface area contributed by atoms with Gasteiger partial charge in [0, 0.05) is 16.3 Å². The average Bonchev–Trinajstić information content (AvgIpc) is 2.28. The van der Waals surface area contributed by atoms with Crippen LogP contribution in [0.1, 0.15) is 27.7 Å². The molecule has 0 aromatic heterocycles. The fourth-order valence-electron chi connectivity index (χ4n) is 1.76. The molecule has 0 aliphatic carbocycles. The number of rotatable bonds is 6. The number of hydrogen-bond donors (Lipinski definition) is 0. The van der Waals surface area contributed by atoms with Gasteiger partial charge >= 0.3 is 8.56 Å². The first-order chi connectivity index (χ1) is 8.00. The fraction of sp³-hybridized carbons (Fsp3) is 0.538. The van der Waals surface area contributed by atoms with E-state index in [1.54, 1.807) is 0 Å². The van der Waals surface area contributed by atoms with Crippen LogP contribution in [0, 0.1) is 0 Å². The summed E-state index contributed by atoms with van der Waals surface area (Å²) in [5.41, 5.74) is 0. The van der Waals surface area contributed by atoms with Crippen LogP contribution in [0.2, 0.25) is 0 Å². The molecule has 0 amide bonds. The minimum atomic E-state index is -2.29. The first-order valence-corrected chi connectivity index (χ1v) is 9.52. The Hall–Kier alpha value is 0.0869. The van der Waals surface area contributed by atoms with Gasteiger partial charge < -0.3 is 8.85 Å². The highest BCUT2D eigenvalue weighted by atomic mass is 127.